The Hall–Kier alpha value is -3.35. The number of hydrogen-bond acceptors (Lipinski definition) is 4. The van der Waals surface area contributed by atoms with Crippen molar-refractivity contribution < 1.29 is 24.2 Å². The highest BCUT2D eigenvalue weighted by Crippen LogP contribution is 2.44. The van der Waals surface area contributed by atoms with Gasteiger partial charge in [0.1, 0.15) is 13.2 Å². The Balaban J connectivity index is 1.43. The number of carboxylic acids is 1. The molecule has 1 atom stereocenters. The lowest BCUT2D eigenvalue weighted by Gasteiger charge is -2.29. The fraction of sp³-hybridized carbons (Fsp3) is 0.464. The molecule has 186 valence electrons. The highest BCUT2D eigenvalue weighted by atomic mass is 16.5. The molecule has 7 nitrogen and oxygen atoms in total. The van der Waals surface area contributed by atoms with E-state index in [0.717, 1.165) is 36.8 Å². The van der Waals surface area contributed by atoms with Crippen LogP contribution >= 0.6 is 0 Å². The molecule has 0 aromatic heterocycles. The van der Waals surface area contributed by atoms with E-state index in [4.69, 9.17) is 4.74 Å². The molecule has 2 amide bonds. The normalized spacial score (nSPS) is 16.0. The van der Waals surface area contributed by atoms with Gasteiger partial charge >= 0.3 is 12.1 Å². The van der Waals surface area contributed by atoms with E-state index in [9.17, 15) is 19.5 Å². The number of rotatable bonds is 9. The van der Waals surface area contributed by atoms with Crippen LogP contribution in [0.3, 0.4) is 0 Å². The predicted octanol–water partition coefficient (Wildman–Crippen LogP) is 4.80. The lowest BCUT2D eigenvalue weighted by molar-refractivity contribution is -0.146. The van der Waals surface area contributed by atoms with E-state index in [0.29, 0.717) is 0 Å². The van der Waals surface area contributed by atoms with Crippen LogP contribution in [-0.2, 0) is 14.3 Å². The van der Waals surface area contributed by atoms with Crippen molar-refractivity contribution in [3.63, 3.8) is 0 Å². The summed E-state index contributed by atoms with van der Waals surface area (Å²) in [5.74, 6) is -1.17. The number of hydrogen-bond donors (Lipinski definition) is 2. The van der Waals surface area contributed by atoms with Crippen molar-refractivity contribution in [2.45, 2.75) is 64.0 Å². The molecular weight excluding hydrogens is 444 g/mol. The van der Waals surface area contributed by atoms with E-state index < -0.39 is 12.1 Å². The molecule has 0 saturated heterocycles. The predicted molar refractivity (Wildman–Crippen MR) is 133 cm³/mol. The van der Waals surface area contributed by atoms with Crippen LogP contribution in [-0.4, -0.2) is 53.2 Å². The molecule has 1 fully saturated rings. The fourth-order valence-corrected chi connectivity index (χ4v) is 5.50. The average molecular weight is 479 g/mol. The van der Waals surface area contributed by atoms with Gasteiger partial charge in [0, 0.05) is 24.4 Å². The molecule has 1 saturated carbocycles. The van der Waals surface area contributed by atoms with Crippen molar-refractivity contribution in [2.24, 2.45) is 5.92 Å². The van der Waals surface area contributed by atoms with E-state index in [2.05, 4.69) is 29.6 Å². The minimum absolute atomic E-state index is 0.0355. The Morgan fingerprint density at radius 1 is 1.00 bits per heavy atom. The summed E-state index contributed by atoms with van der Waals surface area (Å²) < 4.78 is 5.71. The Morgan fingerprint density at radius 2 is 1.57 bits per heavy atom. The van der Waals surface area contributed by atoms with Crippen molar-refractivity contribution in [1.29, 1.82) is 0 Å². The SMILES string of the molecule is CC(C)N(CC(=O)O)C(=O)CC(NC(=O)OCC1c2ccccc2-c2ccccc21)C1CCCC1. The van der Waals surface area contributed by atoms with Crippen LogP contribution in [0.4, 0.5) is 4.79 Å². The molecule has 0 bridgehead atoms. The van der Waals surface area contributed by atoms with Crippen molar-refractivity contribution in [1.82, 2.24) is 10.2 Å². The maximum atomic E-state index is 13.0. The number of fused-ring (bicyclic) bond motifs is 3. The smallest absolute Gasteiger partial charge is 0.407 e. The van der Waals surface area contributed by atoms with Gasteiger partial charge in [-0.05, 0) is 54.9 Å². The summed E-state index contributed by atoms with van der Waals surface area (Å²) in [6, 6.07) is 15.7. The molecule has 4 rings (SSSR count). The number of carbonyl (C=O) groups excluding carboxylic acids is 2. The number of aliphatic carboxylic acids is 1. The van der Waals surface area contributed by atoms with Crippen molar-refractivity contribution in [3.05, 3.63) is 59.7 Å². The molecule has 35 heavy (non-hydrogen) atoms. The summed E-state index contributed by atoms with van der Waals surface area (Å²) in [5.41, 5.74) is 4.62. The van der Waals surface area contributed by atoms with E-state index in [1.54, 1.807) is 13.8 Å². The molecule has 2 aliphatic carbocycles. The highest BCUT2D eigenvalue weighted by Gasteiger charge is 2.33. The topological polar surface area (TPSA) is 95.9 Å². The van der Waals surface area contributed by atoms with Gasteiger partial charge in [0.2, 0.25) is 5.91 Å². The quantitative estimate of drug-likeness (QED) is 0.540. The first-order valence-corrected chi connectivity index (χ1v) is 12.5. The van der Waals surface area contributed by atoms with Crippen LogP contribution in [0.1, 0.15) is 63.0 Å². The van der Waals surface area contributed by atoms with Crippen LogP contribution in [0, 0.1) is 5.92 Å². The molecule has 7 heteroatoms. The van der Waals surface area contributed by atoms with Gasteiger partial charge in [-0.2, -0.15) is 0 Å². The van der Waals surface area contributed by atoms with Crippen molar-refractivity contribution >= 4 is 18.0 Å². The number of ether oxygens (including phenoxy) is 1. The van der Waals surface area contributed by atoms with Crippen molar-refractivity contribution in [3.8, 4) is 11.1 Å². The average Bonchev–Trinajstić information content (AvgIpc) is 3.47. The molecule has 2 aromatic carbocycles. The van der Waals surface area contributed by atoms with Crippen LogP contribution < -0.4 is 5.32 Å². The van der Waals surface area contributed by atoms with Gasteiger partial charge < -0.3 is 20.1 Å². The molecular formula is C28H34N2O5. The van der Waals surface area contributed by atoms with Gasteiger partial charge in [-0.3, -0.25) is 9.59 Å². The third kappa shape index (κ3) is 5.66. The van der Waals surface area contributed by atoms with Gasteiger partial charge in [0.05, 0.1) is 0 Å². The number of alkyl carbamates (subject to hydrolysis) is 1. The number of nitrogens with one attached hydrogen (secondary N) is 1. The largest absolute Gasteiger partial charge is 0.480 e. The molecule has 2 aliphatic rings. The Bertz CT molecular complexity index is 1030. The maximum Gasteiger partial charge on any atom is 0.407 e. The third-order valence-electron chi connectivity index (χ3n) is 7.26. The molecule has 0 heterocycles. The Morgan fingerprint density at radius 3 is 2.11 bits per heavy atom. The minimum atomic E-state index is -1.05. The zero-order valence-electron chi connectivity index (χ0n) is 20.4. The van der Waals surface area contributed by atoms with E-state index in [1.807, 2.05) is 24.3 Å². The first kappa shape index (κ1) is 24.8. The van der Waals surface area contributed by atoms with Gasteiger partial charge in [-0.25, -0.2) is 4.79 Å². The lowest BCUT2D eigenvalue weighted by atomic mass is 9.94. The number of carbonyl (C=O) groups is 3. The summed E-state index contributed by atoms with van der Waals surface area (Å²) in [5, 5.41) is 12.2. The number of amides is 2. The van der Waals surface area contributed by atoms with Crippen LogP contribution in [0.25, 0.3) is 11.1 Å². The lowest BCUT2D eigenvalue weighted by Crippen LogP contribution is -2.47. The summed E-state index contributed by atoms with van der Waals surface area (Å²) in [4.78, 5) is 38.5. The monoisotopic (exact) mass is 478 g/mol. The second-order valence-corrected chi connectivity index (χ2v) is 9.83. The fourth-order valence-electron chi connectivity index (χ4n) is 5.50. The zero-order chi connectivity index (χ0) is 24.9. The zero-order valence-corrected chi connectivity index (χ0v) is 20.4. The Labute approximate surface area is 206 Å². The first-order valence-electron chi connectivity index (χ1n) is 12.5. The number of nitrogens with zero attached hydrogens (tertiary/aromatic N) is 1. The minimum Gasteiger partial charge on any atom is -0.480 e. The summed E-state index contributed by atoms with van der Waals surface area (Å²) in [7, 11) is 0. The van der Waals surface area contributed by atoms with Gasteiger partial charge in [-0.15, -0.1) is 0 Å². The molecule has 1 unspecified atom stereocenters. The molecule has 2 N–H and O–H groups in total. The van der Waals surface area contributed by atoms with Gasteiger partial charge in [0.25, 0.3) is 0 Å². The molecule has 0 aliphatic heterocycles. The number of carboxylic acid groups (broad SMARTS) is 1. The highest BCUT2D eigenvalue weighted by molar-refractivity contribution is 5.83. The molecule has 0 spiro atoms. The van der Waals surface area contributed by atoms with Crippen molar-refractivity contribution in [2.75, 3.05) is 13.2 Å². The third-order valence-corrected chi connectivity index (χ3v) is 7.26. The molecule has 0 radical (unpaired) electrons. The molecule has 2 aromatic rings. The van der Waals surface area contributed by atoms with Gasteiger partial charge in [-0.1, -0.05) is 61.4 Å². The van der Waals surface area contributed by atoms with E-state index in [1.165, 1.54) is 16.0 Å². The first-order chi connectivity index (χ1) is 16.8. The standard InChI is InChI=1S/C28H34N2O5/c1-18(2)30(16-27(32)33)26(31)15-25(19-9-3-4-10-19)29-28(34)35-17-24-22-13-7-5-11-20(22)21-12-6-8-14-23(21)24/h5-8,11-14,18-19,24-25H,3-4,9-10,15-17H2,1-2H3,(H,29,34)(H,32,33). The van der Waals surface area contributed by atoms with Gasteiger partial charge in [0.15, 0.2) is 0 Å². The summed E-state index contributed by atoms with van der Waals surface area (Å²) in [6.45, 7) is 3.45. The van der Waals surface area contributed by atoms with Crippen LogP contribution in [0.2, 0.25) is 0 Å². The van der Waals surface area contributed by atoms with E-state index >= 15 is 0 Å². The second-order valence-electron chi connectivity index (χ2n) is 9.83. The maximum absolute atomic E-state index is 13.0. The van der Waals surface area contributed by atoms with E-state index in [-0.39, 0.29) is 49.4 Å². The number of benzene rings is 2. The summed E-state index contributed by atoms with van der Waals surface area (Å²) in [6.07, 6.45) is 3.52. The Kier molecular flexibility index (Phi) is 7.73. The second kappa shape index (κ2) is 10.9. The summed E-state index contributed by atoms with van der Waals surface area (Å²) >= 11 is 0. The van der Waals surface area contributed by atoms with Crippen LogP contribution in [0.15, 0.2) is 48.5 Å². The van der Waals surface area contributed by atoms with Crippen LogP contribution in [0.5, 0.6) is 0 Å².